The number of imide groups is 1. The lowest BCUT2D eigenvalue weighted by Crippen LogP contribution is -2.36. The molecule has 0 spiro atoms. The maximum Gasteiger partial charge on any atom is 0.294 e. The fourth-order valence-electron chi connectivity index (χ4n) is 3.78. The number of hydrogen-bond acceptors (Lipinski definition) is 9. The Hall–Kier alpha value is -4.88. The number of hydrogen-bond donors (Lipinski definition) is 2. The zero-order valence-corrected chi connectivity index (χ0v) is 23.8. The third-order valence-electron chi connectivity index (χ3n) is 5.83. The Balaban J connectivity index is 1.38. The van der Waals surface area contributed by atoms with Crippen molar-refractivity contribution in [2.45, 2.75) is 6.92 Å². The lowest BCUT2D eigenvalue weighted by Gasteiger charge is -2.14. The molecule has 0 radical (unpaired) electrons. The van der Waals surface area contributed by atoms with Crippen molar-refractivity contribution in [3.63, 3.8) is 0 Å². The minimum absolute atomic E-state index is 0.110. The topological polar surface area (TPSA) is 157 Å². The third kappa shape index (κ3) is 7.44. The average molecular weight is 611 g/mol. The molecule has 3 aromatic carbocycles. The second-order valence-corrected chi connectivity index (χ2v) is 10.3. The number of carbonyl (C=O) groups excluding carboxylic acids is 4. The van der Waals surface area contributed by atoms with Crippen LogP contribution in [0.2, 0.25) is 5.02 Å². The molecule has 1 aliphatic rings. The Morgan fingerprint density at radius 2 is 1.83 bits per heavy atom. The van der Waals surface area contributed by atoms with Crippen molar-refractivity contribution in [1.29, 1.82) is 0 Å². The summed E-state index contributed by atoms with van der Waals surface area (Å²) < 4.78 is 10.9. The first-order chi connectivity index (χ1) is 20.0. The van der Waals surface area contributed by atoms with Gasteiger partial charge in [-0.3, -0.25) is 34.2 Å². The molecule has 4 rings (SSSR count). The van der Waals surface area contributed by atoms with E-state index in [1.54, 1.807) is 37.3 Å². The predicted molar refractivity (Wildman–Crippen MR) is 158 cm³/mol. The zero-order valence-electron chi connectivity index (χ0n) is 22.2. The van der Waals surface area contributed by atoms with E-state index in [-0.39, 0.29) is 27.8 Å². The van der Waals surface area contributed by atoms with E-state index in [4.69, 9.17) is 21.1 Å². The molecule has 12 nitrogen and oxygen atoms in total. The molecule has 0 unspecified atom stereocenters. The van der Waals surface area contributed by atoms with Gasteiger partial charge in [0.2, 0.25) is 5.91 Å². The van der Waals surface area contributed by atoms with Crippen LogP contribution in [0.3, 0.4) is 0 Å². The van der Waals surface area contributed by atoms with Crippen LogP contribution in [0.1, 0.15) is 11.1 Å². The summed E-state index contributed by atoms with van der Waals surface area (Å²) in [6.45, 7) is 0.908. The lowest BCUT2D eigenvalue weighted by atomic mass is 10.2. The van der Waals surface area contributed by atoms with Crippen molar-refractivity contribution in [1.82, 2.24) is 4.90 Å². The number of rotatable bonds is 10. The number of thioether (sulfide) groups is 1. The van der Waals surface area contributed by atoms with E-state index < -0.39 is 41.0 Å². The highest BCUT2D eigenvalue weighted by atomic mass is 35.5. The van der Waals surface area contributed by atoms with Crippen molar-refractivity contribution >= 4 is 69.5 Å². The van der Waals surface area contributed by atoms with Gasteiger partial charge in [0, 0.05) is 28.5 Å². The fourth-order valence-corrected chi connectivity index (χ4v) is 4.79. The number of non-ortho nitro benzene ring substituents is 1. The highest BCUT2D eigenvalue weighted by Gasteiger charge is 2.36. The summed E-state index contributed by atoms with van der Waals surface area (Å²) in [6.07, 6.45) is 1.48. The second-order valence-electron chi connectivity index (χ2n) is 8.83. The Morgan fingerprint density at radius 3 is 2.57 bits per heavy atom. The number of halogens is 1. The number of nitro benzene ring substituents is 1. The average Bonchev–Trinajstić information content (AvgIpc) is 3.21. The number of methoxy groups -OCH3 is 1. The minimum Gasteiger partial charge on any atom is -0.493 e. The van der Waals surface area contributed by atoms with Gasteiger partial charge in [0.25, 0.3) is 22.7 Å². The molecule has 0 bridgehead atoms. The van der Waals surface area contributed by atoms with Gasteiger partial charge < -0.3 is 20.1 Å². The van der Waals surface area contributed by atoms with Crippen molar-refractivity contribution in [2.24, 2.45) is 0 Å². The summed E-state index contributed by atoms with van der Waals surface area (Å²) in [5, 5.41) is 15.9. The van der Waals surface area contributed by atoms with Gasteiger partial charge in [-0.15, -0.1) is 0 Å². The summed E-state index contributed by atoms with van der Waals surface area (Å²) in [5.41, 5.74) is 1.83. The highest BCUT2D eigenvalue weighted by Crippen LogP contribution is 2.34. The van der Waals surface area contributed by atoms with Crippen LogP contribution in [0.4, 0.5) is 21.9 Å². The molecule has 4 amide bonds. The number of nitro groups is 1. The van der Waals surface area contributed by atoms with Crippen LogP contribution in [0.25, 0.3) is 6.08 Å². The minimum atomic E-state index is -0.625. The van der Waals surface area contributed by atoms with Crippen LogP contribution < -0.4 is 20.1 Å². The molecule has 3 aromatic rings. The number of carbonyl (C=O) groups is 4. The fraction of sp³-hybridized carbons (Fsp3) is 0.143. The molecule has 1 fully saturated rings. The first-order valence-corrected chi connectivity index (χ1v) is 13.4. The van der Waals surface area contributed by atoms with Gasteiger partial charge in [0.15, 0.2) is 18.1 Å². The summed E-state index contributed by atoms with van der Waals surface area (Å²) in [5.74, 6) is -1.25. The number of nitrogens with one attached hydrogen (secondary N) is 2. The second kappa shape index (κ2) is 13.2. The van der Waals surface area contributed by atoms with E-state index in [0.29, 0.717) is 28.0 Å². The number of aryl methyl sites for hydroxylation is 1. The highest BCUT2D eigenvalue weighted by molar-refractivity contribution is 8.18. The van der Waals surface area contributed by atoms with E-state index in [1.807, 2.05) is 0 Å². The number of benzene rings is 3. The number of ether oxygens (including phenoxy) is 2. The van der Waals surface area contributed by atoms with Gasteiger partial charge in [-0.05, 0) is 66.2 Å². The smallest absolute Gasteiger partial charge is 0.294 e. The van der Waals surface area contributed by atoms with Crippen LogP contribution in [0, 0.1) is 17.0 Å². The first kappa shape index (κ1) is 30.1. The van der Waals surface area contributed by atoms with Gasteiger partial charge in [-0.1, -0.05) is 29.8 Å². The molecule has 1 aliphatic heterocycles. The molecule has 1 saturated heterocycles. The van der Waals surface area contributed by atoms with Gasteiger partial charge in [-0.2, -0.15) is 0 Å². The number of anilines is 2. The quantitative estimate of drug-likeness (QED) is 0.177. The van der Waals surface area contributed by atoms with Gasteiger partial charge in [0.05, 0.1) is 16.9 Å². The van der Waals surface area contributed by atoms with E-state index >= 15 is 0 Å². The maximum atomic E-state index is 12.9. The summed E-state index contributed by atoms with van der Waals surface area (Å²) in [4.78, 5) is 61.6. The van der Waals surface area contributed by atoms with Crippen molar-refractivity contribution in [3.05, 3.63) is 91.8 Å². The molecular formula is C28H23ClN4O8S. The molecule has 1 heterocycles. The Kier molecular flexibility index (Phi) is 9.45. The molecule has 216 valence electrons. The first-order valence-electron chi connectivity index (χ1n) is 12.2. The van der Waals surface area contributed by atoms with Crippen LogP contribution in [-0.4, -0.2) is 53.0 Å². The van der Waals surface area contributed by atoms with E-state index in [1.165, 1.54) is 43.5 Å². The van der Waals surface area contributed by atoms with Gasteiger partial charge in [-0.25, -0.2) is 0 Å². The maximum absolute atomic E-state index is 12.9. The van der Waals surface area contributed by atoms with Crippen molar-refractivity contribution < 1.29 is 33.6 Å². The molecule has 42 heavy (non-hydrogen) atoms. The van der Waals surface area contributed by atoms with Crippen LogP contribution in [0.5, 0.6) is 11.5 Å². The molecular weight excluding hydrogens is 588 g/mol. The van der Waals surface area contributed by atoms with Crippen molar-refractivity contribution in [2.75, 3.05) is 30.9 Å². The third-order valence-corrected chi connectivity index (χ3v) is 6.98. The number of amides is 4. The molecule has 14 heteroatoms. The SMILES string of the molecule is COc1cc(/C=C2\SC(=O)N(CC(=O)Nc3cc(Cl)ccc3C)C2=O)ccc1OCC(=O)Nc1cccc([N+](=O)[O-])c1. The standard InChI is InChI=1S/C28H23ClN4O8S/c1-16-6-8-18(29)12-21(16)31-25(34)14-32-27(36)24(42-28(32)37)11-17-7-9-22(23(10-17)40-2)41-15-26(35)30-19-4-3-5-20(13-19)33(38)39/h3-13H,14-15H2,1-2H3,(H,30,35)(H,31,34)/b24-11-. The van der Waals surface area contributed by atoms with E-state index in [0.717, 1.165) is 10.5 Å². The van der Waals surface area contributed by atoms with Gasteiger partial charge in [0.1, 0.15) is 6.54 Å². The predicted octanol–water partition coefficient (Wildman–Crippen LogP) is 5.26. The Morgan fingerprint density at radius 1 is 1.05 bits per heavy atom. The largest absolute Gasteiger partial charge is 0.493 e. The molecule has 2 N–H and O–H groups in total. The van der Waals surface area contributed by atoms with E-state index in [9.17, 15) is 29.3 Å². The summed E-state index contributed by atoms with van der Waals surface area (Å²) in [6, 6.07) is 15.2. The Bertz CT molecular complexity index is 1630. The normalized spacial score (nSPS) is 13.7. The monoisotopic (exact) mass is 610 g/mol. The molecule has 0 saturated carbocycles. The lowest BCUT2D eigenvalue weighted by molar-refractivity contribution is -0.384. The number of nitrogens with zero attached hydrogens (tertiary/aromatic N) is 2. The zero-order chi connectivity index (χ0) is 30.4. The van der Waals surface area contributed by atoms with E-state index in [2.05, 4.69) is 10.6 Å². The van der Waals surface area contributed by atoms with Crippen LogP contribution >= 0.6 is 23.4 Å². The summed E-state index contributed by atoms with van der Waals surface area (Å²) in [7, 11) is 1.39. The van der Waals surface area contributed by atoms with Gasteiger partial charge >= 0.3 is 0 Å². The summed E-state index contributed by atoms with van der Waals surface area (Å²) >= 11 is 6.68. The molecule has 0 atom stereocenters. The van der Waals surface area contributed by atoms with Crippen molar-refractivity contribution in [3.8, 4) is 11.5 Å². The van der Waals surface area contributed by atoms with Crippen LogP contribution in [0.15, 0.2) is 65.6 Å². The molecule has 0 aromatic heterocycles. The molecule has 0 aliphatic carbocycles. The Labute approximate surface area is 248 Å². The van der Waals surface area contributed by atoms with Crippen LogP contribution in [-0.2, 0) is 14.4 Å².